The molecule has 0 amide bonds. The van der Waals surface area contributed by atoms with Crippen molar-refractivity contribution in [2.24, 2.45) is 5.41 Å². The fourth-order valence-corrected chi connectivity index (χ4v) is 9.75. The van der Waals surface area contributed by atoms with Crippen molar-refractivity contribution in [3.63, 3.8) is 0 Å². The molecule has 3 nitrogen and oxygen atoms in total. The lowest BCUT2D eigenvalue weighted by Crippen LogP contribution is -2.26. The van der Waals surface area contributed by atoms with Gasteiger partial charge in [-0.3, -0.25) is 14.4 Å². The predicted molar refractivity (Wildman–Crippen MR) is 252 cm³/mol. The molecule has 0 saturated heterocycles. The first kappa shape index (κ1) is 40.0. The predicted octanol–water partition coefficient (Wildman–Crippen LogP) is 13.8. The molecule has 1 unspecified atom stereocenters. The summed E-state index contributed by atoms with van der Waals surface area (Å²) in [4.78, 5) is 42.7. The smallest absolute Gasteiger partial charge is 0.190 e. The molecule has 0 bridgehead atoms. The summed E-state index contributed by atoms with van der Waals surface area (Å²) in [6, 6.07) is 49.3. The summed E-state index contributed by atoms with van der Waals surface area (Å²) in [6.45, 7) is 8.16. The summed E-state index contributed by atoms with van der Waals surface area (Å²) in [5, 5.41) is 1.06. The van der Waals surface area contributed by atoms with Crippen molar-refractivity contribution >= 4 is 80.1 Å². The highest BCUT2D eigenvalue weighted by Crippen LogP contribution is 2.51. The Morgan fingerprint density at radius 1 is 0.590 bits per heavy atom. The van der Waals surface area contributed by atoms with Crippen LogP contribution in [0.2, 0.25) is 10.0 Å². The first-order valence-electron chi connectivity index (χ1n) is 20.5. The Labute approximate surface area is 367 Å². The molecule has 3 aliphatic rings. The van der Waals surface area contributed by atoms with Gasteiger partial charge in [0.1, 0.15) is 0 Å². The van der Waals surface area contributed by atoms with Gasteiger partial charge in [0, 0.05) is 50.6 Å². The Morgan fingerprint density at radius 3 is 1.79 bits per heavy atom. The second-order valence-electron chi connectivity index (χ2n) is 16.6. The summed E-state index contributed by atoms with van der Waals surface area (Å²) in [5.41, 5.74) is 13.2. The normalized spacial score (nSPS) is 18.7. The van der Waals surface area contributed by atoms with Crippen LogP contribution in [0.4, 0.5) is 0 Å². The lowest BCUT2D eigenvalue weighted by Gasteiger charge is -2.24. The van der Waals surface area contributed by atoms with Crippen LogP contribution in [0.3, 0.4) is 0 Å². The van der Waals surface area contributed by atoms with Gasteiger partial charge in [0.2, 0.25) is 0 Å². The first-order chi connectivity index (χ1) is 29.5. The molecule has 298 valence electrons. The van der Waals surface area contributed by atoms with Gasteiger partial charge >= 0.3 is 0 Å². The van der Waals surface area contributed by atoms with Gasteiger partial charge < -0.3 is 0 Å². The number of allylic oxidation sites excluding steroid dienone is 8. The molecule has 5 heteroatoms. The van der Waals surface area contributed by atoms with Crippen molar-refractivity contribution in [3.8, 4) is 0 Å². The highest BCUT2D eigenvalue weighted by molar-refractivity contribution is 6.40. The number of carbonyl (C=O) groups is 3. The van der Waals surface area contributed by atoms with E-state index in [0.29, 0.717) is 58.0 Å². The van der Waals surface area contributed by atoms with Crippen LogP contribution in [0.25, 0.3) is 39.5 Å². The number of aryl methyl sites for hydroxylation is 1. The van der Waals surface area contributed by atoms with Crippen LogP contribution in [0.1, 0.15) is 76.3 Å². The Balaban J connectivity index is 1.08. The third-order valence-electron chi connectivity index (χ3n) is 12.2. The lowest BCUT2D eigenvalue weighted by molar-refractivity contribution is -0.121. The zero-order chi connectivity index (χ0) is 42.4. The zero-order valence-electron chi connectivity index (χ0n) is 34.0. The van der Waals surface area contributed by atoms with Crippen LogP contribution < -0.4 is 0 Å². The van der Waals surface area contributed by atoms with Crippen molar-refractivity contribution in [3.05, 3.63) is 230 Å². The van der Waals surface area contributed by atoms with Gasteiger partial charge in [-0.2, -0.15) is 0 Å². The Bertz CT molecular complexity index is 2930. The van der Waals surface area contributed by atoms with Gasteiger partial charge in [-0.15, -0.1) is 0 Å². The first-order valence-corrected chi connectivity index (χ1v) is 21.3. The van der Waals surface area contributed by atoms with Gasteiger partial charge in [0.05, 0.1) is 0 Å². The van der Waals surface area contributed by atoms with Crippen molar-refractivity contribution in [1.29, 1.82) is 0 Å². The summed E-state index contributed by atoms with van der Waals surface area (Å²) in [7, 11) is 0. The van der Waals surface area contributed by atoms with Crippen molar-refractivity contribution < 1.29 is 14.4 Å². The van der Waals surface area contributed by atoms with E-state index in [2.05, 4.69) is 43.8 Å². The van der Waals surface area contributed by atoms with E-state index in [1.54, 1.807) is 0 Å². The van der Waals surface area contributed by atoms with Gasteiger partial charge in [-0.25, -0.2) is 0 Å². The summed E-state index contributed by atoms with van der Waals surface area (Å²) in [6.07, 6.45) is 3.73. The minimum absolute atomic E-state index is 0.00455. The molecule has 0 saturated carbocycles. The number of benzene rings is 6. The second-order valence-corrected chi connectivity index (χ2v) is 17.5. The van der Waals surface area contributed by atoms with E-state index in [4.69, 9.17) is 23.2 Å². The maximum atomic E-state index is 15.0. The average molecular weight is 834 g/mol. The van der Waals surface area contributed by atoms with E-state index < -0.39 is 5.41 Å². The lowest BCUT2D eigenvalue weighted by atomic mass is 9.78. The summed E-state index contributed by atoms with van der Waals surface area (Å²) >= 11 is 13.9. The molecular weight excluding hydrogens is 792 g/mol. The molecule has 0 spiro atoms. The molecule has 0 heterocycles. The van der Waals surface area contributed by atoms with Crippen LogP contribution in [0.15, 0.2) is 169 Å². The van der Waals surface area contributed by atoms with Gasteiger partial charge in [-0.1, -0.05) is 170 Å². The number of ketones is 3. The number of Topliss-reactive ketones (excluding diaryl/α,β-unsaturated/α-hetero) is 3. The topological polar surface area (TPSA) is 51.2 Å². The van der Waals surface area contributed by atoms with Crippen molar-refractivity contribution in [1.82, 2.24) is 0 Å². The number of hydrogen-bond acceptors (Lipinski definition) is 3. The van der Waals surface area contributed by atoms with Crippen molar-refractivity contribution in [2.45, 2.75) is 39.5 Å². The fourth-order valence-electron chi connectivity index (χ4n) is 9.26. The molecule has 6 aromatic rings. The van der Waals surface area contributed by atoms with Crippen LogP contribution in [-0.4, -0.2) is 17.3 Å². The molecule has 61 heavy (non-hydrogen) atoms. The van der Waals surface area contributed by atoms with E-state index in [-0.39, 0.29) is 17.3 Å². The van der Waals surface area contributed by atoms with Gasteiger partial charge in [0.15, 0.2) is 17.3 Å². The fraction of sp³-hybridized carbons (Fsp3) is 0.125. The highest BCUT2D eigenvalue weighted by Gasteiger charge is 2.45. The minimum atomic E-state index is -0.842. The minimum Gasteiger partial charge on any atom is -0.294 e. The van der Waals surface area contributed by atoms with Crippen LogP contribution in [-0.2, 0) is 20.8 Å². The van der Waals surface area contributed by atoms with E-state index in [9.17, 15) is 14.4 Å². The van der Waals surface area contributed by atoms with E-state index in [0.717, 1.165) is 72.4 Å². The van der Waals surface area contributed by atoms with E-state index >= 15 is 0 Å². The quantitative estimate of drug-likeness (QED) is 0.136. The number of hydrogen-bond donors (Lipinski definition) is 0. The van der Waals surface area contributed by atoms with Gasteiger partial charge in [-0.05, 0) is 117 Å². The molecule has 6 aromatic carbocycles. The number of halogens is 2. The molecule has 0 N–H and O–H groups in total. The van der Waals surface area contributed by atoms with Crippen LogP contribution in [0.5, 0.6) is 0 Å². The maximum absolute atomic E-state index is 15.0. The number of carbonyl (C=O) groups excluding carboxylic acids is 3. The SMILES string of the molecule is C=C1CC(c2cc(Cl)cc(CC3(C)CC(c4cc(/C=C5\CC(c6ccc(C)cc6)=C(c6ccccc6)C5=O)ccc4Cl)=C(c4ccccc4)C3=O)c2)=C(c2ccccc2)C1=O. The van der Waals surface area contributed by atoms with Crippen LogP contribution >= 0.6 is 23.2 Å². The monoisotopic (exact) mass is 832 g/mol. The zero-order valence-corrected chi connectivity index (χ0v) is 35.5. The summed E-state index contributed by atoms with van der Waals surface area (Å²) < 4.78 is 0. The molecular formula is C56H42Cl2O3. The maximum Gasteiger partial charge on any atom is 0.190 e. The Hall–Kier alpha value is -6.39. The third-order valence-corrected chi connectivity index (χ3v) is 12.8. The average Bonchev–Trinajstić information content (AvgIpc) is 3.85. The largest absolute Gasteiger partial charge is 0.294 e. The second kappa shape index (κ2) is 16.2. The molecule has 0 fully saturated rings. The molecule has 0 aliphatic heterocycles. The molecule has 0 aromatic heterocycles. The summed E-state index contributed by atoms with van der Waals surface area (Å²) in [5.74, 6) is -0.0346. The van der Waals surface area contributed by atoms with E-state index in [1.165, 1.54) is 0 Å². The molecule has 3 aliphatic carbocycles. The standard InChI is InChI=1S/C56H42Cl2O3/c1-34-19-22-38(23-20-34)46-31-43(54(60)51(46)40-15-9-5-10-16-40)26-36-21-24-49(58)47(29-36)48-33-56(3,55(61)52(48)41-17-11-6-12-18-41)32-37-27-42(30-44(57)28-37)45-25-35(2)53(59)50(45)39-13-7-4-8-14-39/h4-24,26-30H,2,25,31-33H2,1,3H3/b43-26+. The van der Waals surface area contributed by atoms with Gasteiger partial charge in [0.25, 0.3) is 0 Å². The molecule has 9 rings (SSSR count). The third kappa shape index (κ3) is 7.65. The van der Waals surface area contributed by atoms with Crippen LogP contribution in [0, 0.1) is 12.3 Å². The number of rotatable bonds is 9. The Morgan fingerprint density at radius 2 is 1.16 bits per heavy atom. The molecule has 0 radical (unpaired) electrons. The molecule has 1 atom stereocenters. The van der Waals surface area contributed by atoms with Crippen molar-refractivity contribution in [2.75, 3.05) is 0 Å². The highest BCUT2D eigenvalue weighted by atomic mass is 35.5. The Kier molecular flexibility index (Phi) is 10.7. The van der Waals surface area contributed by atoms with E-state index in [1.807, 2.05) is 134 Å².